The minimum atomic E-state index is -0.404. The first kappa shape index (κ1) is 14.9. The topological polar surface area (TPSA) is 23.5 Å². The summed E-state index contributed by atoms with van der Waals surface area (Å²) in [5.41, 5.74) is 2.23. The van der Waals surface area contributed by atoms with Crippen molar-refractivity contribution in [3.05, 3.63) is 28.2 Å². The highest BCUT2D eigenvalue weighted by Gasteiger charge is 2.18. The van der Waals surface area contributed by atoms with Crippen LogP contribution in [-0.4, -0.2) is 18.2 Å². The maximum absolute atomic E-state index is 9.63. The van der Waals surface area contributed by atoms with Gasteiger partial charge in [-0.3, -0.25) is 0 Å². The standard InChI is InChI=1S/C16H24BrNO/c1-3-13-5-4-9-18(10-8-13)16-7-6-14(12(2)19)11-15(16)17/h6-7,11-13,19H,3-5,8-10H2,1-2H3. The lowest BCUT2D eigenvalue weighted by atomic mass is 9.98. The Labute approximate surface area is 124 Å². The zero-order valence-corrected chi connectivity index (χ0v) is 13.5. The summed E-state index contributed by atoms with van der Waals surface area (Å²) >= 11 is 3.66. The fourth-order valence-electron chi connectivity index (χ4n) is 2.85. The number of halogens is 1. The highest BCUT2D eigenvalue weighted by Crippen LogP contribution is 2.32. The van der Waals surface area contributed by atoms with Crippen molar-refractivity contribution in [3.63, 3.8) is 0 Å². The van der Waals surface area contributed by atoms with Gasteiger partial charge >= 0.3 is 0 Å². The number of hydrogen-bond acceptors (Lipinski definition) is 2. The third-order valence-corrected chi connectivity index (χ3v) is 4.86. The molecule has 1 aliphatic rings. The number of aliphatic hydroxyl groups is 1. The molecule has 1 saturated heterocycles. The second-order valence-electron chi connectivity index (χ2n) is 5.58. The molecule has 0 aliphatic carbocycles. The number of hydrogen-bond donors (Lipinski definition) is 1. The molecule has 0 spiro atoms. The van der Waals surface area contributed by atoms with Gasteiger partial charge in [0.15, 0.2) is 0 Å². The van der Waals surface area contributed by atoms with Gasteiger partial charge in [0.2, 0.25) is 0 Å². The first-order chi connectivity index (χ1) is 9.11. The van der Waals surface area contributed by atoms with E-state index < -0.39 is 6.10 Å². The molecule has 106 valence electrons. The summed E-state index contributed by atoms with van der Waals surface area (Å²) in [7, 11) is 0. The highest BCUT2D eigenvalue weighted by atomic mass is 79.9. The maximum Gasteiger partial charge on any atom is 0.0762 e. The molecule has 1 aliphatic heterocycles. The number of anilines is 1. The van der Waals surface area contributed by atoms with Crippen molar-refractivity contribution >= 4 is 21.6 Å². The molecule has 1 heterocycles. The molecular weight excluding hydrogens is 302 g/mol. The predicted molar refractivity (Wildman–Crippen MR) is 84.6 cm³/mol. The molecule has 2 rings (SSSR count). The summed E-state index contributed by atoms with van der Waals surface area (Å²) in [6, 6.07) is 6.22. The second kappa shape index (κ2) is 6.76. The summed E-state index contributed by atoms with van der Waals surface area (Å²) in [6.45, 7) is 6.39. The smallest absolute Gasteiger partial charge is 0.0762 e. The molecule has 19 heavy (non-hydrogen) atoms. The van der Waals surface area contributed by atoms with Crippen LogP contribution in [0.1, 0.15) is 51.2 Å². The second-order valence-corrected chi connectivity index (χ2v) is 6.43. The molecule has 1 N–H and O–H groups in total. The van der Waals surface area contributed by atoms with Crippen molar-refractivity contribution < 1.29 is 5.11 Å². The van der Waals surface area contributed by atoms with E-state index >= 15 is 0 Å². The van der Waals surface area contributed by atoms with E-state index in [0.29, 0.717) is 0 Å². The van der Waals surface area contributed by atoms with Crippen LogP contribution in [0.3, 0.4) is 0 Å². The lowest BCUT2D eigenvalue weighted by molar-refractivity contribution is 0.199. The monoisotopic (exact) mass is 325 g/mol. The van der Waals surface area contributed by atoms with Gasteiger partial charge in [-0.1, -0.05) is 19.4 Å². The lowest BCUT2D eigenvalue weighted by Crippen LogP contribution is -2.24. The number of aliphatic hydroxyl groups excluding tert-OH is 1. The molecule has 1 fully saturated rings. The maximum atomic E-state index is 9.63. The molecule has 1 aromatic carbocycles. The summed E-state index contributed by atoms with van der Waals surface area (Å²) in [6.07, 6.45) is 4.83. The van der Waals surface area contributed by atoms with Gasteiger partial charge < -0.3 is 10.0 Å². The van der Waals surface area contributed by atoms with Gasteiger partial charge in [0, 0.05) is 17.6 Å². The van der Waals surface area contributed by atoms with Crippen LogP contribution in [0.15, 0.2) is 22.7 Å². The van der Waals surface area contributed by atoms with Crippen LogP contribution in [0, 0.1) is 5.92 Å². The first-order valence-corrected chi connectivity index (χ1v) is 8.13. The molecule has 0 amide bonds. The van der Waals surface area contributed by atoms with Crippen LogP contribution >= 0.6 is 15.9 Å². The highest BCUT2D eigenvalue weighted by molar-refractivity contribution is 9.10. The van der Waals surface area contributed by atoms with Crippen LogP contribution in [0.4, 0.5) is 5.69 Å². The molecule has 2 nitrogen and oxygen atoms in total. The van der Waals surface area contributed by atoms with Gasteiger partial charge in [-0.2, -0.15) is 0 Å². The SMILES string of the molecule is CCC1CCCN(c2ccc(C(C)O)cc2Br)CC1. The van der Waals surface area contributed by atoms with E-state index in [4.69, 9.17) is 0 Å². The Morgan fingerprint density at radius 3 is 2.79 bits per heavy atom. The normalized spacial score (nSPS) is 22.1. The number of nitrogens with zero attached hydrogens (tertiary/aromatic N) is 1. The Morgan fingerprint density at radius 1 is 1.37 bits per heavy atom. The van der Waals surface area contributed by atoms with E-state index in [2.05, 4.69) is 33.8 Å². The van der Waals surface area contributed by atoms with Crippen molar-refractivity contribution in [1.82, 2.24) is 0 Å². The van der Waals surface area contributed by atoms with E-state index in [1.807, 2.05) is 12.1 Å². The van der Waals surface area contributed by atoms with Gasteiger partial charge in [-0.25, -0.2) is 0 Å². The Balaban J connectivity index is 2.13. The molecule has 0 aromatic heterocycles. The van der Waals surface area contributed by atoms with Gasteiger partial charge in [0.25, 0.3) is 0 Å². The fraction of sp³-hybridized carbons (Fsp3) is 0.625. The van der Waals surface area contributed by atoms with E-state index in [9.17, 15) is 5.11 Å². The van der Waals surface area contributed by atoms with Crippen LogP contribution in [-0.2, 0) is 0 Å². The fourth-order valence-corrected chi connectivity index (χ4v) is 3.50. The summed E-state index contributed by atoms with van der Waals surface area (Å²) < 4.78 is 1.10. The molecule has 2 atom stereocenters. The number of rotatable bonds is 3. The van der Waals surface area contributed by atoms with Crippen LogP contribution in [0.2, 0.25) is 0 Å². The Bertz CT molecular complexity index is 419. The summed E-state index contributed by atoms with van der Waals surface area (Å²) in [5.74, 6) is 0.889. The predicted octanol–water partition coefficient (Wildman–Crippen LogP) is 4.52. The van der Waals surface area contributed by atoms with Crippen LogP contribution < -0.4 is 4.90 Å². The van der Waals surface area contributed by atoms with Gasteiger partial charge in [-0.05, 0) is 65.7 Å². The average molecular weight is 326 g/mol. The molecule has 3 heteroatoms. The van der Waals surface area contributed by atoms with E-state index in [1.54, 1.807) is 6.92 Å². The zero-order chi connectivity index (χ0) is 13.8. The average Bonchev–Trinajstić information content (AvgIpc) is 2.63. The molecule has 0 bridgehead atoms. The van der Waals surface area contributed by atoms with Gasteiger partial charge in [-0.15, -0.1) is 0 Å². The van der Waals surface area contributed by atoms with E-state index in [0.717, 1.165) is 29.0 Å². The van der Waals surface area contributed by atoms with E-state index in [-0.39, 0.29) is 0 Å². The quantitative estimate of drug-likeness (QED) is 0.883. The third kappa shape index (κ3) is 3.73. The minimum Gasteiger partial charge on any atom is -0.389 e. The zero-order valence-electron chi connectivity index (χ0n) is 11.9. The van der Waals surface area contributed by atoms with Crippen molar-refractivity contribution in [2.45, 2.75) is 45.6 Å². The Hall–Kier alpha value is -0.540. The van der Waals surface area contributed by atoms with Crippen molar-refractivity contribution in [1.29, 1.82) is 0 Å². The van der Waals surface area contributed by atoms with Gasteiger partial charge in [0.05, 0.1) is 11.8 Å². The summed E-state index contributed by atoms with van der Waals surface area (Å²) in [4.78, 5) is 2.48. The third-order valence-electron chi connectivity index (χ3n) is 4.22. The Kier molecular flexibility index (Phi) is 5.28. The van der Waals surface area contributed by atoms with Crippen molar-refractivity contribution in [3.8, 4) is 0 Å². The molecule has 0 radical (unpaired) electrons. The van der Waals surface area contributed by atoms with Gasteiger partial charge in [0.1, 0.15) is 0 Å². The molecular formula is C16H24BrNO. The van der Waals surface area contributed by atoms with E-state index in [1.165, 1.54) is 31.4 Å². The first-order valence-electron chi connectivity index (χ1n) is 7.34. The van der Waals surface area contributed by atoms with Crippen LogP contribution in [0.5, 0.6) is 0 Å². The van der Waals surface area contributed by atoms with Crippen LogP contribution in [0.25, 0.3) is 0 Å². The molecule has 0 saturated carbocycles. The Morgan fingerprint density at radius 2 is 2.16 bits per heavy atom. The number of benzene rings is 1. The molecule has 2 unspecified atom stereocenters. The lowest BCUT2D eigenvalue weighted by Gasteiger charge is -2.25. The molecule has 1 aromatic rings. The minimum absolute atomic E-state index is 0.404. The van der Waals surface area contributed by atoms with Crippen molar-refractivity contribution in [2.75, 3.05) is 18.0 Å². The van der Waals surface area contributed by atoms with Crippen molar-refractivity contribution in [2.24, 2.45) is 5.92 Å². The summed E-state index contributed by atoms with van der Waals surface area (Å²) in [5, 5.41) is 9.63. The largest absolute Gasteiger partial charge is 0.389 e.